The quantitative estimate of drug-likeness (QED) is 0.847. The minimum absolute atomic E-state index is 0.0223. The number of methoxy groups -OCH3 is 1. The number of hydrogen-bond donors (Lipinski definition) is 2. The van der Waals surface area contributed by atoms with Crippen molar-refractivity contribution in [2.45, 2.75) is 38.8 Å². The van der Waals surface area contributed by atoms with Crippen LogP contribution in [-0.2, 0) is 4.74 Å². The Balaban J connectivity index is 1.95. The van der Waals surface area contributed by atoms with Crippen molar-refractivity contribution in [1.82, 2.24) is 5.32 Å². The van der Waals surface area contributed by atoms with E-state index in [1.54, 1.807) is 12.0 Å². The summed E-state index contributed by atoms with van der Waals surface area (Å²) in [5, 5.41) is 6.27. The van der Waals surface area contributed by atoms with E-state index >= 15 is 0 Å². The van der Waals surface area contributed by atoms with Gasteiger partial charge in [0.25, 0.3) is 0 Å². The van der Waals surface area contributed by atoms with Crippen molar-refractivity contribution in [2.24, 2.45) is 0 Å². The average Bonchev–Trinajstić information content (AvgIpc) is 2.85. The SMILES string of the molecule is COC(C)(C)CC(C)Nc1ccc(N2CCNC2=O)cc1. The topological polar surface area (TPSA) is 53.6 Å². The maximum atomic E-state index is 11.6. The lowest BCUT2D eigenvalue weighted by Crippen LogP contribution is -2.31. The molecule has 5 nitrogen and oxygen atoms in total. The number of benzene rings is 1. The van der Waals surface area contributed by atoms with Gasteiger partial charge in [-0.2, -0.15) is 0 Å². The van der Waals surface area contributed by atoms with E-state index in [9.17, 15) is 4.79 Å². The first kappa shape index (κ1) is 15.6. The number of amides is 2. The van der Waals surface area contributed by atoms with Gasteiger partial charge >= 0.3 is 6.03 Å². The van der Waals surface area contributed by atoms with Crippen LogP contribution in [-0.4, -0.2) is 37.9 Å². The van der Waals surface area contributed by atoms with Crippen molar-refractivity contribution in [3.05, 3.63) is 24.3 Å². The summed E-state index contributed by atoms with van der Waals surface area (Å²) in [4.78, 5) is 13.4. The molecule has 5 heteroatoms. The smallest absolute Gasteiger partial charge is 0.321 e. The Hall–Kier alpha value is -1.75. The van der Waals surface area contributed by atoms with E-state index in [-0.39, 0.29) is 11.6 Å². The van der Waals surface area contributed by atoms with Crippen LogP contribution < -0.4 is 15.5 Å². The molecule has 21 heavy (non-hydrogen) atoms. The fourth-order valence-electron chi connectivity index (χ4n) is 2.61. The number of urea groups is 1. The molecule has 1 unspecified atom stereocenters. The molecule has 1 fully saturated rings. The van der Waals surface area contributed by atoms with Crippen molar-refractivity contribution in [1.29, 1.82) is 0 Å². The number of carbonyl (C=O) groups is 1. The van der Waals surface area contributed by atoms with E-state index in [0.717, 1.165) is 24.3 Å². The van der Waals surface area contributed by atoms with Gasteiger partial charge in [0.1, 0.15) is 0 Å². The van der Waals surface area contributed by atoms with Gasteiger partial charge in [0.05, 0.1) is 5.60 Å². The van der Waals surface area contributed by atoms with Gasteiger partial charge in [-0.25, -0.2) is 4.79 Å². The van der Waals surface area contributed by atoms with Crippen LogP contribution >= 0.6 is 0 Å². The maximum Gasteiger partial charge on any atom is 0.321 e. The Morgan fingerprint density at radius 1 is 1.38 bits per heavy atom. The fraction of sp³-hybridized carbons (Fsp3) is 0.562. The van der Waals surface area contributed by atoms with Crippen molar-refractivity contribution < 1.29 is 9.53 Å². The molecule has 2 N–H and O–H groups in total. The number of rotatable bonds is 6. The monoisotopic (exact) mass is 291 g/mol. The highest BCUT2D eigenvalue weighted by Gasteiger charge is 2.22. The standard InChI is InChI=1S/C16H25N3O2/c1-12(11-16(2,3)21-4)18-13-5-7-14(8-6-13)19-10-9-17-15(19)20/h5-8,12,18H,9-11H2,1-4H3,(H,17,20). The van der Waals surface area contributed by atoms with Gasteiger partial charge in [-0.3, -0.25) is 4.90 Å². The maximum absolute atomic E-state index is 11.6. The van der Waals surface area contributed by atoms with E-state index in [0.29, 0.717) is 12.6 Å². The summed E-state index contributed by atoms with van der Waals surface area (Å²) < 4.78 is 5.45. The fourth-order valence-corrected chi connectivity index (χ4v) is 2.61. The van der Waals surface area contributed by atoms with E-state index < -0.39 is 0 Å². The van der Waals surface area contributed by atoms with E-state index in [1.165, 1.54) is 0 Å². The third-order valence-electron chi connectivity index (χ3n) is 3.80. The predicted molar refractivity (Wildman–Crippen MR) is 86.0 cm³/mol. The molecule has 2 amide bonds. The average molecular weight is 291 g/mol. The Morgan fingerprint density at radius 3 is 2.57 bits per heavy atom. The summed E-state index contributed by atoms with van der Waals surface area (Å²) in [5.41, 5.74) is 1.85. The Labute approximate surface area is 126 Å². The minimum atomic E-state index is -0.139. The van der Waals surface area contributed by atoms with Crippen molar-refractivity contribution in [2.75, 3.05) is 30.4 Å². The molecule has 1 aliphatic heterocycles. The number of carbonyl (C=O) groups excluding carboxylic acids is 1. The molecule has 1 heterocycles. The van der Waals surface area contributed by atoms with Crippen LogP contribution in [0.4, 0.5) is 16.2 Å². The lowest BCUT2D eigenvalue weighted by atomic mass is 9.99. The summed E-state index contributed by atoms with van der Waals surface area (Å²) in [6, 6.07) is 8.25. The van der Waals surface area contributed by atoms with Crippen molar-refractivity contribution in [3.63, 3.8) is 0 Å². The van der Waals surface area contributed by atoms with Gasteiger partial charge in [-0.15, -0.1) is 0 Å². The van der Waals surface area contributed by atoms with Crippen LogP contribution in [0.5, 0.6) is 0 Å². The third-order valence-corrected chi connectivity index (χ3v) is 3.80. The predicted octanol–water partition coefficient (Wildman–Crippen LogP) is 2.83. The summed E-state index contributed by atoms with van der Waals surface area (Å²) in [6.45, 7) is 7.75. The molecule has 116 valence electrons. The van der Waals surface area contributed by atoms with Crippen LogP contribution in [0.3, 0.4) is 0 Å². The van der Waals surface area contributed by atoms with Crippen LogP contribution in [0.15, 0.2) is 24.3 Å². The van der Waals surface area contributed by atoms with E-state index in [2.05, 4.69) is 31.4 Å². The molecule has 1 aliphatic rings. The Bertz CT molecular complexity index is 485. The highest BCUT2D eigenvalue weighted by atomic mass is 16.5. The molecule has 0 aliphatic carbocycles. The zero-order chi connectivity index (χ0) is 15.5. The number of anilines is 2. The number of nitrogens with zero attached hydrogens (tertiary/aromatic N) is 1. The number of nitrogens with one attached hydrogen (secondary N) is 2. The molecule has 1 aromatic rings. The van der Waals surface area contributed by atoms with Gasteiger partial charge < -0.3 is 15.4 Å². The summed E-state index contributed by atoms with van der Waals surface area (Å²) in [7, 11) is 1.74. The second-order valence-corrected chi connectivity index (χ2v) is 6.14. The zero-order valence-corrected chi connectivity index (χ0v) is 13.3. The van der Waals surface area contributed by atoms with Crippen molar-refractivity contribution in [3.8, 4) is 0 Å². The van der Waals surface area contributed by atoms with Gasteiger partial charge in [0, 0.05) is 37.6 Å². The van der Waals surface area contributed by atoms with E-state index in [1.807, 2.05) is 24.3 Å². The summed E-state index contributed by atoms with van der Waals surface area (Å²) in [6.07, 6.45) is 0.916. The molecule has 0 radical (unpaired) electrons. The molecule has 1 aromatic carbocycles. The Morgan fingerprint density at radius 2 is 2.05 bits per heavy atom. The molecule has 0 saturated carbocycles. The molecule has 0 aromatic heterocycles. The minimum Gasteiger partial charge on any atom is -0.382 e. The Kier molecular flexibility index (Phi) is 4.73. The van der Waals surface area contributed by atoms with Gasteiger partial charge in [0.2, 0.25) is 0 Å². The second-order valence-electron chi connectivity index (χ2n) is 6.14. The lowest BCUT2D eigenvalue weighted by molar-refractivity contribution is 0.0128. The molecule has 0 bridgehead atoms. The number of hydrogen-bond acceptors (Lipinski definition) is 3. The molecule has 1 atom stereocenters. The molecule has 2 rings (SSSR count). The number of ether oxygens (including phenoxy) is 1. The van der Waals surface area contributed by atoms with Crippen LogP contribution in [0.2, 0.25) is 0 Å². The van der Waals surface area contributed by atoms with Gasteiger partial charge in [-0.1, -0.05) is 0 Å². The largest absolute Gasteiger partial charge is 0.382 e. The molecule has 0 spiro atoms. The van der Waals surface area contributed by atoms with E-state index in [4.69, 9.17) is 4.74 Å². The van der Waals surface area contributed by atoms with Crippen molar-refractivity contribution >= 4 is 17.4 Å². The first-order valence-corrected chi connectivity index (χ1v) is 7.38. The van der Waals surface area contributed by atoms with Gasteiger partial charge in [-0.05, 0) is 51.5 Å². The van der Waals surface area contributed by atoms with Gasteiger partial charge in [0.15, 0.2) is 0 Å². The lowest BCUT2D eigenvalue weighted by Gasteiger charge is -2.27. The molecule has 1 saturated heterocycles. The zero-order valence-electron chi connectivity index (χ0n) is 13.3. The van der Waals surface area contributed by atoms with Crippen LogP contribution in [0.1, 0.15) is 27.2 Å². The second kappa shape index (κ2) is 6.35. The highest BCUT2D eigenvalue weighted by molar-refractivity contribution is 5.94. The molecular formula is C16H25N3O2. The highest BCUT2D eigenvalue weighted by Crippen LogP contribution is 2.22. The summed E-state index contributed by atoms with van der Waals surface area (Å²) in [5.74, 6) is 0. The first-order chi connectivity index (χ1) is 9.91. The normalized spacial score (nSPS) is 16.8. The third kappa shape index (κ3) is 4.11. The first-order valence-electron chi connectivity index (χ1n) is 7.38. The van der Waals surface area contributed by atoms with Crippen LogP contribution in [0, 0.1) is 0 Å². The summed E-state index contributed by atoms with van der Waals surface area (Å²) >= 11 is 0. The van der Waals surface area contributed by atoms with Crippen LogP contribution in [0.25, 0.3) is 0 Å². The molecular weight excluding hydrogens is 266 g/mol.